The molecule has 0 fully saturated rings. The Morgan fingerprint density at radius 1 is 1.55 bits per heavy atom. The molecule has 11 heavy (non-hydrogen) atoms. The summed E-state index contributed by atoms with van der Waals surface area (Å²) in [5.74, 6) is 0.613. The first-order valence-electron chi connectivity index (χ1n) is 3.18. The molecule has 1 aromatic heterocycles. The second-order valence-electron chi connectivity index (χ2n) is 2.15. The fourth-order valence-corrected chi connectivity index (χ4v) is 0.904. The highest BCUT2D eigenvalue weighted by Gasteiger charge is 2.03. The minimum Gasteiger partial charge on any atom is -0.495 e. The van der Waals surface area contributed by atoms with Crippen molar-refractivity contribution in [3.05, 3.63) is 23.5 Å². The molecule has 1 heterocycles. The van der Waals surface area contributed by atoms with Gasteiger partial charge in [0.2, 0.25) is 0 Å². The van der Waals surface area contributed by atoms with E-state index in [4.69, 9.17) is 10.00 Å². The number of nitrogens with zero attached hydrogens (tertiary/aromatic N) is 2. The van der Waals surface area contributed by atoms with Crippen molar-refractivity contribution in [2.75, 3.05) is 7.11 Å². The molecular weight excluding hydrogens is 140 g/mol. The molecule has 0 radical (unpaired) electrons. The summed E-state index contributed by atoms with van der Waals surface area (Å²) in [6, 6.07) is 2.00. The summed E-state index contributed by atoms with van der Waals surface area (Å²) < 4.78 is 5.00. The first-order chi connectivity index (χ1) is 5.29. The summed E-state index contributed by atoms with van der Waals surface area (Å²) >= 11 is 0. The molecule has 0 saturated heterocycles. The van der Waals surface area contributed by atoms with Gasteiger partial charge in [0.15, 0.2) is 0 Å². The van der Waals surface area contributed by atoms with Gasteiger partial charge < -0.3 is 4.74 Å². The molecule has 0 aliphatic carbocycles. The zero-order valence-corrected chi connectivity index (χ0v) is 6.46. The third-order valence-electron chi connectivity index (χ3n) is 1.40. The lowest BCUT2D eigenvalue weighted by Crippen LogP contribution is -1.92. The van der Waals surface area contributed by atoms with Crippen LogP contribution in [0.25, 0.3) is 0 Å². The number of aryl methyl sites for hydroxylation is 1. The van der Waals surface area contributed by atoms with Gasteiger partial charge in [0.05, 0.1) is 7.11 Å². The number of nitriles is 1. The van der Waals surface area contributed by atoms with Gasteiger partial charge in [0.1, 0.15) is 17.4 Å². The van der Waals surface area contributed by atoms with Gasteiger partial charge in [0, 0.05) is 18.0 Å². The van der Waals surface area contributed by atoms with E-state index in [1.165, 1.54) is 6.20 Å². The molecule has 0 saturated carbocycles. The summed E-state index contributed by atoms with van der Waals surface area (Å²) in [6.07, 6.45) is 3.16. The third kappa shape index (κ3) is 1.30. The largest absolute Gasteiger partial charge is 0.495 e. The maximum Gasteiger partial charge on any atom is 0.142 e. The number of ether oxygens (including phenoxy) is 1. The molecule has 0 aromatic carbocycles. The van der Waals surface area contributed by atoms with Crippen LogP contribution in [0.5, 0.6) is 5.75 Å². The average Bonchev–Trinajstić information content (AvgIpc) is 2.04. The summed E-state index contributed by atoms with van der Waals surface area (Å²) in [7, 11) is 1.54. The van der Waals surface area contributed by atoms with E-state index in [9.17, 15) is 0 Å². The summed E-state index contributed by atoms with van der Waals surface area (Å²) in [5, 5.41) is 8.60. The van der Waals surface area contributed by atoms with Crippen LogP contribution in [0.2, 0.25) is 0 Å². The van der Waals surface area contributed by atoms with Crippen molar-refractivity contribution >= 4 is 0 Å². The zero-order valence-electron chi connectivity index (χ0n) is 6.46. The fourth-order valence-electron chi connectivity index (χ4n) is 0.904. The molecule has 0 atom stereocenters. The highest BCUT2D eigenvalue weighted by atomic mass is 16.5. The highest BCUT2D eigenvalue weighted by molar-refractivity contribution is 5.45. The van der Waals surface area contributed by atoms with E-state index in [1.807, 2.05) is 13.0 Å². The minimum atomic E-state index is 0.479. The number of rotatable bonds is 1. The number of aromatic nitrogens is 1. The van der Waals surface area contributed by atoms with Crippen LogP contribution in [0.15, 0.2) is 12.4 Å². The molecule has 3 heteroatoms. The van der Waals surface area contributed by atoms with Crippen LogP contribution in [0.3, 0.4) is 0 Å². The number of hydrogen-bond donors (Lipinski definition) is 0. The van der Waals surface area contributed by atoms with E-state index in [0.29, 0.717) is 11.3 Å². The van der Waals surface area contributed by atoms with Crippen LogP contribution < -0.4 is 4.74 Å². The molecule has 0 amide bonds. The Kier molecular flexibility index (Phi) is 2.07. The van der Waals surface area contributed by atoms with Crippen molar-refractivity contribution < 1.29 is 4.74 Å². The molecule has 0 N–H and O–H groups in total. The normalized spacial score (nSPS) is 8.82. The topological polar surface area (TPSA) is 45.9 Å². The predicted octanol–water partition coefficient (Wildman–Crippen LogP) is 1.27. The monoisotopic (exact) mass is 148 g/mol. The molecule has 56 valence electrons. The van der Waals surface area contributed by atoms with Gasteiger partial charge in [0.25, 0.3) is 0 Å². The van der Waals surface area contributed by atoms with Crippen molar-refractivity contribution in [2.24, 2.45) is 0 Å². The van der Waals surface area contributed by atoms with Crippen molar-refractivity contribution in [1.29, 1.82) is 5.26 Å². The molecule has 3 nitrogen and oxygen atoms in total. The zero-order chi connectivity index (χ0) is 8.27. The molecule has 0 bridgehead atoms. The van der Waals surface area contributed by atoms with E-state index < -0.39 is 0 Å². The Hall–Kier alpha value is -1.56. The molecular formula is C8H8N2O. The van der Waals surface area contributed by atoms with Crippen LogP contribution in [-0.2, 0) is 0 Å². The van der Waals surface area contributed by atoms with Crippen LogP contribution in [-0.4, -0.2) is 12.1 Å². The Labute approximate surface area is 65.3 Å². The number of methoxy groups -OCH3 is 1. The first kappa shape index (κ1) is 7.55. The second kappa shape index (κ2) is 3.02. The number of hydrogen-bond acceptors (Lipinski definition) is 3. The lowest BCUT2D eigenvalue weighted by molar-refractivity contribution is 0.409. The summed E-state index contributed by atoms with van der Waals surface area (Å²) in [6.45, 7) is 1.85. The van der Waals surface area contributed by atoms with Gasteiger partial charge in [-0.3, -0.25) is 4.98 Å². The first-order valence-corrected chi connectivity index (χ1v) is 3.18. The quantitative estimate of drug-likeness (QED) is 0.602. The summed E-state index contributed by atoms with van der Waals surface area (Å²) in [4.78, 5) is 3.86. The van der Waals surface area contributed by atoms with Gasteiger partial charge in [-0.05, 0) is 6.92 Å². The van der Waals surface area contributed by atoms with Crippen molar-refractivity contribution in [1.82, 2.24) is 4.98 Å². The van der Waals surface area contributed by atoms with Gasteiger partial charge >= 0.3 is 0 Å². The number of pyridine rings is 1. The molecule has 1 rings (SSSR count). The van der Waals surface area contributed by atoms with Crippen LogP contribution in [0.4, 0.5) is 0 Å². The van der Waals surface area contributed by atoms with E-state index in [0.717, 1.165) is 5.56 Å². The lowest BCUT2D eigenvalue weighted by Gasteiger charge is -2.03. The Morgan fingerprint density at radius 2 is 2.27 bits per heavy atom. The van der Waals surface area contributed by atoms with E-state index in [-0.39, 0.29) is 0 Å². The Balaban J connectivity index is 3.27. The predicted molar refractivity (Wildman–Crippen MR) is 40.2 cm³/mol. The average molecular weight is 148 g/mol. The fraction of sp³-hybridized carbons (Fsp3) is 0.250. The lowest BCUT2D eigenvalue weighted by atomic mass is 10.2. The van der Waals surface area contributed by atoms with Crippen LogP contribution in [0.1, 0.15) is 11.1 Å². The van der Waals surface area contributed by atoms with Crippen molar-refractivity contribution in [3.8, 4) is 11.8 Å². The highest BCUT2D eigenvalue weighted by Crippen LogP contribution is 2.19. The van der Waals surface area contributed by atoms with E-state index in [1.54, 1.807) is 13.3 Å². The van der Waals surface area contributed by atoms with Crippen molar-refractivity contribution in [2.45, 2.75) is 6.92 Å². The molecule has 0 aliphatic heterocycles. The smallest absolute Gasteiger partial charge is 0.142 e. The van der Waals surface area contributed by atoms with Gasteiger partial charge in [-0.15, -0.1) is 0 Å². The molecule has 1 aromatic rings. The Bertz CT molecular complexity index is 301. The molecule has 0 spiro atoms. The standard InChI is InChI=1S/C8H8N2O/c1-6-4-10-5-7(3-9)8(6)11-2/h4-5H,1-2H3. The van der Waals surface area contributed by atoms with Crippen LogP contribution in [0, 0.1) is 18.3 Å². The van der Waals surface area contributed by atoms with E-state index >= 15 is 0 Å². The molecule has 0 aliphatic rings. The van der Waals surface area contributed by atoms with E-state index in [2.05, 4.69) is 4.98 Å². The van der Waals surface area contributed by atoms with Gasteiger partial charge in [-0.25, -0.2) is 0 Å². The minimum absolute atomic E-state index is 0.479. The summed E-state index contributed by atoms with van der Waals surface area (Å²) in [5.41, 5.74) is 1.36. The molecule has 0 unspecified atom stereocenters. The Morgan fingerprint density at radius 3 is 2.73 bits per heavy atom. The second-order valence-corrected chi connectivity index (χ2v) is 2.15. The SMILES string of the molecule is COc1c(C)cncc1C#N. The van der Waals surface area contributed by atoms with Gasteiger partial charge in [-0.2, -0.15) is 5.26 Å². The van der Waals surface area contributed by atoms with Crippen LogP contribution >= 0.6 is 0 Å². The maximum absolute atomic E-state index is 8.60. The maximum atomic E-state index is 8.60. The van der Waals surface area contributed by atoms with Gasteiger partial charge in [-0.1, -0.05) is 0 Å². The third-order valence-corrected chi connectivity index (χ3v) is 1.40. The van der Waals surface area contributed by atoms with Crippen molar-refractivity contribution in [3.63, 3.8) is 0 Å².